The van der Waals surface area contributed by atoms with Crippen LogP contribution in [0.2, 0.25) is 0 Å². The molecule has 0 unspecified atom stereocenters. The molecule has 0 saturated heterocycles. The fraction of sp³-hybridized carbons (Fsp3) is 0.143. The standard InChI is InChI=1S/C7H5BF4/c8-6-2-1-4(9)3-5(6)7(10,11)12/h1-3H,8H2. The molecule has 0 aliphatic heterocycles. The van der Waals surface area contributed by atoms with Gasteiger partial charge in [-0.05, 0) is 12.1 Å². The van der Waals surface area contributed by atoms with E-state index in [2.05, 4.69) is 0 Å². The van der Waals surface area contributed by atoms with Gasteiger partial charge in [0.25, 0.3) is 0 Å². The van der Waals surface area contributed by atoms with Gasteiger partial charge in [0.15, 0.2) is 0 Å². The molecule has 0 heterocycles. The van der Waals surface area contributed by atoms with Gasteiger partial charge in [-0.3, -0.25) is 0 Å². The molecule has 0 nitrogen and oxygen atoms in total. The summed E-state index contributed by atoms with van der Waals surface area (Å²) in [7, 11) is 1.29. The van der Waals surface area contributed by atoms with Crippen LogP contribution in [-0.2, 0) is 6.18 Å². The van der Waals surface area contributed by atoms with Crippen LogP contribution in [0.15, 0.2) is 18.2 Å². The van der Waals surface area contributed by atoms with Crippen LogP contribution in [0, 0.1) is 5.82 Å². The molecule has 0 spiro atoms. The first-order valence-corrected chi connectivity index (χ1v) is 3.24. The van der Waals surface area contributed by atoms with Crippen LogP contribution < -0.4 is 5.46 Å². The Kier molecular flexibility index (Phi) is 2.13. The van der Waals surface area contributed by atoms with Gasteiger partial charge in [0.1, 0.15) is 13.7 Å². The monoisotopic (exact) mass is 176 g/mol. The molecule has 0 saturated carbocycles. The fourth-order valence-corrected chi connectivity index (χ4v) is 0.900. The summed E-state index contributed by atoms with van der Waals surface area (Å²) in [6.07, 6.45) is -4.47. The summed E-state index contributed by atoms with van der Waals surface area (Å²) >= 11 is 0. The van der Waals surface area contributed by atoms with Crippen molar-refractivity contribution in [3.05, 3.63) is 29.6 Å². The zero-order valence-corrected chi connectivity index (χ0v) is 6.24. The first-order valence-electron chi connectivity index (χ1n) is 3.24. The van der Waals surface area contributed by atoms with Gasteiger partial charge < -0.3 is 0 Å². The van der Waals surface area contributed by atoms with Crippen LogP contribution >= 0.6 is 0 Å². The third-order valence-corrected chi connectivity index (χ3v) is 1.51. The first kappa shape index (κ1) is 9.10. The van der Waals surface area contributed by atoms with Crippen molar-refractivity contribution in [2.75, 3.05) is 0 Å². The fourth-order valence-electron chi connectivity index (χ4n) is 0.900. The van der Waals surface area contributed by atoms with Crippen LogP contribution in [0.4, 0.5) is 17.6 Å². The van der Waals surface area contributed by atoms with E-state index in [1.165, 1.54) is 7.85 Å². The maximum absolute atomic E-state index is 12.4. The van der Waals surface area contributed by atoms with Crippen LogP contribution in [0.3, 0.4) is 0 Å². The largest absolute Gasteiger partial charge is 0.415 e. The molecule has 0 aliphatic carbocycles. The summed E-state index contributed by atoms with van der Waals surface area (Å²) in [5.74, 6) is -0.868. The molecule has 1 aromatic carbocycles. The maximum atomic E-state index is 12.4. The van der Waals surface area contributed by atoms with Crippen molar-refractivity contribution in [2.24, 2.45) is 0 Å². The van der Waals surface area contributed by atoms with E-state index in [0.29, 0.717) is 6.07 Å². The second kappa shape index (κ2) is 2.81. The van der Waals surface area contributed by atoms with E-state index in [1.807, 2.05) is 0 Å². The van der Waals surface area contributed by atoms with E-state index in [-0.39, 0.29) is 5.46 Å². The minimum absolute atomic E-state index is 0.0314. The van der Waals surface area contributed by atoms with Gasteiger partial charge in [-0.1, -0.05) is 11.5 Å². The number of rotatable bonds is 0. The number of hydrogen-bond donors (Lipinski definition) is 0. The molecule has 0 radical (unpaired) electrons. The third-order valence-electron chi connectivity index (χ3n) is 1.51. The van der Waals surface area contributed by atoms with Crippen molar-refractivity contribution in [2.45, 2.75) is 6.18 Å². The Hall–Kier alpha value is -0.995. The van der Waals surface area contributed by atoms with E-state index in [0.717, 1.165) is 12.1 Å². The minimum atomic E-state index is -4.47. The highest BCUT2D eigenvalue weighted by molar-refractivity contribution is 6.33. The molecule has 0 amide bonds. The van der Waals surface area contributed by atoms with Gasteiger partial charge in [0, 0.05) is 0 Å². The number of halogens is 4. The van der Waals surface area contributed by atoms with Gasteiger partial charge in [0.05, 0.1) is 5.56 Å². The van der Waals surface area contributed by atoms with Crippen LogP contribution in [0.1, 0.15) is 5.56 Å². The van der Waals surface area contributed by atoms with E-state index >= 15 is 0 Å². The second-order valence-electron chi connectivity index (χ2n) is 2.46. The normalized spacial score (nSPS) is 11.7. The van der Waals surface area contributed by atoms with Gasteiger partial charge >= 0.3 is 6.18 Å². The molecule has 5 heteroatoms. The molecule has 0 aliphatic rings. The Bertz CT molecular complexity index is 292. The molecule has 0 aromatic heterocycles. The van der Waals surface area contributed by atoms with Crippen molar-refractivity contribution in [1.29, 1.82) is 0 Å². The van der Waals surface area contributed by atoms with Crippen molar-refractivity contribution >= 4 is 13.3 Å². The topological polar surface area (TPSA) is 0 Å². The highest BCUT2D eigenvalue weighted by Gasteiger charge is 2.32. The lowest BCUT2D eigenvalue weighted by molar-refractivity contribution is -0.136. The summed E-state index contributed by atoms with van der Waals surface area (Å²) in [5.41, 5.74) is -0.883. The van der Waals surface area contributed by atoms with Gasteiger partial charge in [0.2, 0.25) is 0 Å². The molecular formula is C7H5BF4. The van der Waals surface area contributed by atoms with E-state index < -0.39 is 17.6 Å². The van der Waals surface area contributed by atoms with E-state index in [9.17, 15) is 17.6 Å². The molecule has 0 N–H and O–H groups in total. The highest BCUT2D eigenvalue weighted by Crippen LogP contribution is 2.27. The van der Waals surface area contributed by atoms with Crippen molar-refractivity contribution in [3.8, 4) is 0 Å². The van der Waals surface area contributed by atoms with Gasteiger partial charge in [-0.15, -0.1) is 0 Å². The lowest BCUT2D eigenvalue weighted by Gasteiger charge is -2.09. The average Bonchev–Trinajstić information content (AvgIpc) is 1.92. The lowest BCUT2D eigenvalue weighted by Crippen LogP contribution is -2.19. The minimum Gasteiger partial charge on any atom is -0.207 e. The number of benzene rings is 1. The highest BCUT2D eigenvalue weighted by atomic mass is 19.4. The maximum Gasteiger partial charge on any atom is 0.415 e. The Morgan fingerprint density at radius 1 is 1.17 bits per heavy atom. The molecule has 64 valence electrons. The Morgan fingerprint density at radius 2 is 1.75 bits per heavy atom. The predicted octanol–water partition coefficient (Wildman–Crippen LogP) is 1.10. The Labute approximate surface area is 67.6 Å². The number of alkyl halides is 3. The molecule has 0 fully saturated rings. The first-order chi connectivity index (χ1) is 5.41. The summed E-state index contributed by atoms with van der Waals surface area (Å²) in [6.45, 7) is 0. The van der Waals surface area contributed by atoms with Crippen LogP contribution in [0.5, 0.6) is 0 Å². The Morgan fingerprint density at radius 3 is 2.17 bits per heavy atom. The van der Waals surface area contributed by atoms with Gasteiger partial charge in [-0.25, -0.2) is 4.39 Å². The summed E-state index contributed by atoms with van der Waals surface area (Å²) in [5, 5.41) is 0. The second-order valence-corrected chi connectivity index (χ2v) is 2.46. The quantitative estimate of drug-likeness (QED) is 0.410. The molecule has 1 rings (SSSR count). The molecule has 12 heavy (non-hydrogen) atoms. The third kappa shape index (κ3) is 1.78. The van der Waals surface area contributed by atoms with Crippen molar-refractivity contribution < 1.29 is 17.6 Å². The smallest absolute Gasteiger partial charge is 0.207 e. The molecule has 1 aromatic rings. The molecule has 0 bridgehead atoms. The molecular weight excluding hydrogens is 171 g/mol. The Balaban J connectivity index is 3.23. The lowest BCUT2D eigenvalue weighted by atomic mass is 9.90. The number of hydrogen-bond acceptors (Lipinski definition) is 0. The van der Waals surface area contributed by atoms with Crippen molar-refractivity contribution in [3.63, 3.8) is 0 Å². The summed E-state index contributed by atoms with van der Waals surface area (Å²) < 4.78 is 48.6. The van der Waals surface area contributed by atoms with Crippen LogP contribution in [-0.4, -0.2) is 7.85 Å². The predicted molar refractivity (Wildman–Crippen MR) is 39.6 cm³/mol. The zero-order chi connectivity index (χ0) is 9.35. The SMILES string of the molecule is Bc1ccc(F)cc1C(F)(F)F. The summed E-state index contributed by atoms with van der Waals surface area (Å²) in [4.78, 5) is 0. The van der Waals surface area contributed by atoms with Crippen LogP contribution in [0.25, 0.3) is 0 Å². The van der Waals surface area contributed by atoms with Gasteiger partial charge in [-0.2, -0.15) is 13.2 Å². The molecule has 0 atom stereocenters. The van der Waals surface area contributed by atoms with E-state index in [1.54, 1.807) is 0 Å². The summed E-state index contributed by atoms with van der Waals surface area (Å²) in [6, 6.07) is 2.61. The van der Waals surface area contributed by atoms with Crippen molar-refractivity contribution in [1.82, 2.24) is 0 Å². The zero-order valence-electron chi connectivity index (χ0n) is 6.24. The average molecular weight is 176 g/mol. The van der Waals surface area contributed by atoms with E-state index in [4.69, 9.17) is 0 Å².